The highest BCUT2D eigenvalue weighted by Gasteiger charge is 2.08. The molecule has 0 aromatic heterocycles. The predicted octanol–water partition coefficient (Wildman–Crippen LogP) is 4.04. The molecule has 1 amide bonds. The van der Waals surface area contributed by atoms with Crippen LogP contribution in [-0.2, 0) is 4.79 Å². The van der Waals surface area contributed by atoms with Gasteiger partial charge in [-0.15, -0.1) is 11.6 Å². The molecule has 17 heavy (non-hydrogen) atoms. The van der Waals surface area contributed by atoms with Gasteiger partial charge < -0.3 is 5.32 Å². The number of hydrogen-bond acceptors (Lipinski definition) is 1. The molecule has 1 N–H and O–H groups in total. The van der Waals surface area contributed by atoms with E-state index in [-0.39, 0.29) is 11.9 Å². The minimum absolute atomic E-state index is 0.0478. The first-order valence-corrected chi connectivity index (χ1v) is 7.07. The predicted molar refractivity (Wildman–Crippen MR) is 75.3 cm³/mol. The third kappa shape index (κ3) is 5.55. The summed E-state index contributed by atoms with van der Waals surface area (Å²) in [6.07, 6.45) is 2.29. The highest BCUT2D eigenvalue weighted by molar-refractivity contribution is 9.10. The van der Waals surface area contributed by atoms with Gasteiger partial charge in [0.15, 0.2) is 0 Å². The molecule has 0 saturated heterocycles. The van der Waals surface area contributed by atoms with Gasteiger partial charge in [-0.1, -0.05) is 28.1 Å². The summed E-state index contributed by atoms with van der Waals surface area (Å²) in [5.41, 5.74) is 1.11. The Morgan fingerprint density at radius 2 is 2.00 bits per heavy atom. The summed E-state index contributed by atoms with van der Waals surface area (Å²) < 4.78 is 1.04. The number of nitrogens with one attached hydrogen (secondary N) is 1. The van der Waals surface area contributed by atoms with E-state index in [2.05, 4.69) is 21.2 Å². The second-order valence-corrected chi connectivity index (χ2v) is 5.28. The normalized spacial score (nSPS) is 12.2. The molecule has 1 aromatic carbocycles. The van der Waals surface area contributed by atoms with Crippen LogP contribution in [0.4, 0.5) is 0 Å². The number of unbranched alkanes of at least 4 members (excludes halogenated alkanes) is 1. The average molecular weight is 319 g/mol. The van der Waals surface area contributed by atoms with E-state index in [0.717, 1.165) is 22.9 Å². The van der Waals surface area contributed by atoms with Crippen LogP contribution in [0.25, 0.3) is 0 Å². The van der Waals surface area contributed by atoms with Gasteiger partial charge in [0.05, 0.1) is 6.04 Å². The largest absolute Gasteiger partial charge is 0.350 e. The van der Waals surface area contributed by atoms with Crippen molar-refractivity contribution in [3.63, 3.8) is 0 Å². The zero-order valence-electron chi connectivity index (χ0n) is 9.88. The second kappa shape index (κ2) is 7.72. The van der Waals surface area contributed by atoms with Crippen LogP contribution >= 0.6 is 27.5 Å². The molecule has 0 spiro atoms. The second-order valence-electron chi connectivity index (χ2n) is 3.99. The number of halogens is 2. The number of hydrogen-bond donors (Lipinski definition) is 1. The first kappa shape index (κ1) is 14.5. The molecule has 0 fully saturated rings. The summed E-state index contributed by atoms with van der Waals surface area (Å²) in [6.45, 7) is 1.99. The molecule has 1 atom stereocenters. The lowest BCUT2D eigenvalue weighted by Crippen LogP contribution is -2.26. The van der Waals surface area contributed by atoms with Crippen LogP contribution in [0.1, 0.15) is 37.8 Å². The Hall–Kier alpha value is -0.540. The van der Waals surface area contributed by atoms with Crippen molar-refractivity contribution in [1.82, 2.24) is 5.32 Å². The molecule has 94 valence electrons. The lowest BCUT2D eigenvalue weighted by molar-refractivity contribution is -0.121. The summed E-state index contributed by atoms with van der Waals surface area (Å²) in [6, 6.07) is 8.02. The fourth-order valence-electron chi connectivity index (χ4n) is 1.53. The van der Waals surface area contributed by atoms with E-state index >= 15 is 0 Å². The summed E-state index contributed by atoms with van der Waals surface area (Å²) in [5.74, 6) is 0.709. The Morgan fingerprint density at radius 3 is 2.59 bits per heavy atom. The quantitative estimate of drug-likeness (QED) is 0.622. The van der Waals surface area contributed by atoms with Crippen LogP contribution < -0.4 is 5.32 Å². The molecule has 0 bridgehead atoms. The van der Waals surface area contributed by atoms with Crippen LogP contribution in [0.2, 0.25) is 0 Å². The Balaban J connectivity index is 2.40. The smallest absolute Gasteiger partial charge is 0.220 e. The van der Waals surface area contributed by atoms with E-state index in [1.807, 2.05) is 31.2 Å². The Bertz CT molecular complexity index is 353. The summed E-state index contributed by atoms with van der Waals surface area (Å²) in [5, 5.41) is 2.98. The van der Waals surface area contributed by atoms with E-state index in [4.69, 9.17) is 11.6 Å². The number of carbonyl (C=O) groups excluding carboxylic acids is 1. The summed E-state index contributed by atoms with van der Waals surface area (Å²) >= 11 is 8.95. The molecular formula is C13H17BrClNO. The molecule has 0 aliphatic rings. The Kier molecular flexibility index (Phi) is 6.60. The molecule has 1 rings (SSSR count). The summed E-state index contributed by atoms with van der Waals surface area (Å²) in [4.78, 5) is 11.6. The fraction of sp³-hybridized carbons (Fsp3) is 0.462. The maximum atomic E-state index is 11.6. The maximum Gasteiger partial charge on any atom is 0.220 e. The molecule has 0 unspecified atom stereocenters. The van der Waals surface area contributed by atoms with Crippen LogP contribution in [0.15, 0.2) is 28.7 Å². The molecule has 0 saturated carbocycles. The molecule has 4 heteroatoms. The van der Waals surface area contributed by atoms with Crippen molar-refractivity contribution in [2.45, 2.75) is 32.2 Å². The standard InChI is InChI=1S/C13H17BrClNO/c1-10(11-5-7-12(14)8-6-11)16-13(17)4-2-3-9-15/h5-8,10H,2-4,9H2,1H3,(H,16,17)/t10-/m1/s1. The number of benzene rings is 1. The topological polar surface area (TPSA) is 29.1 Å². The third-order valence-electron chi connectivity index (χ3n) is 2.53. The number of rotatable bonds is 6. The minimum Gasteiger partial charge on any atom is -0.350 e. The zero-order valence-corrected chi connectivity index (χ0v) is 12.2. The fourth-order valence-corrected chi connectivity index (χ4v) is 1.98. The van der Waals surface area contributed by atoms with Gasteiger partial charge in [-0.05, 0) is 37.5 Å². The van der Waals surface area contributed by atoms with Gasteiger partial charge in [0.1, 0.15) is 0 Å². The van der Waals surface area contributed by atoms with E-state index in [0.29, 0.717) is 12.3 Å². The van der Waals surface area contributed by atoms with Crippen molar-refractivity contribution in [2.75, 3.05) is 5.88 Å². The number of carbonyl (C=O) groups is 1. The van der Waals surface area contributed by atoms with Crippen LogP contribution in [0, 0.1) is 0 Å². The molecular weight excluding hydrogens is 302 g/mol. The molecule has 0 heterocycles. The van der Waals surface area contributed by atoms with Crippen molar-refractivity contribution in [2.24, 2.45) is 0 Å². The zero-order chi connectivity index (χ0) is 12.7. The SMILES string of the molecule is C[C@@H](NC(=O)CCCCCl)c1ccc(Br)cc1. The monoisotopic (exact) mass is 317 g/mol. The lowest BCUT2D eigenvalue weighted by Gasteiger charge is -2.14. The van der Waals surface area contributed by atoms with Crippen LogP contribution in [0.3, 0.4) is 0 Å². The maximum absolute atomic E-state index is 11.6. The highest BCUT2D eigenvalue weighted by Crippen LogP contribution is 2.16. The van der Waals surface area contributed by atoms with Gasteiger partial charge in [0, 0.05) is 16.8 Å². The Morgan fingerprint density at radius 1 is 1.35 bits per heavy atom. The van der Waals surface area contributed by atoms with Gasteiger partial charge in [0.2, 0.25) is 5.91 Å². The van der Waals surface area contributed by atoms with Crippen molar-refractivity contribution >= 4 is 33.4 Å². The van der Waals surface area contributed by atoms with Gasteiger partial charge in [-0.25, -0.2) is 0 Å². The first-order valence-electron chi connectivity index (χ1n) is 5.74. The van der Waals surface area contributed by atoms with Crippen LogP contribution in [0.5, 0.6) is 0 Å². The lowest BCUT2D eigenvalue weighted by atomic mass is 10.1. The molecule has 0 aliphatic heterocycles. The van der Waals surface area contributed by atoms with Gasteiger partial charge in [-0.3, -0.25) is 4.79 Å². The highest BCUT2D eigenvalue weighted by atomic mass is 79.9. The number of alkyl halides is 1. The molecule has 0 radical (unpaired) electrons. The Labute approximate surface area is 116 Å². The summed E-state index contributed by atoms with van der Waals surface area (Å²) in [7, 11) is 0. The van der Waals surface area contributed by atoms with Crippen molar-refractivity contribution < 1.29 is 4.79 Å². The van der Waals surface area contributed by atoms with Gasteiger partial charge in [0.25, 0.3) is 0 Å². The molecule has 1 aromatic rings. The van der Waals surface area contributed by atoms with Gasteiger partial charge in [-0.2, -0.15) is 0 Å². The molecule has 2 nitrogen and oxygen atoms in total. The van der Waals surface area contributed by atoms with E-state index in [1.54, 1.807) is 0 Å². The average Bonchev–Trinajstić information content (AvgIpc) is 2.30. The number of amides is 1. The molecule has 0 aliphatic carbocycles. The van der Waals surface area contributed by atoms with Crippen molar-refractivity contribution in [3.8, 4) is 0 Å². The van der Waals surface area contributed by atoms with Crippen molar-refractivity contribution in [1.29, 1.82) is 0 Å². The van der Waals surface area contributed by atoms with E-state index < -0.39 is 0 Å². The van der Waals surface area contributed by atoms with Crippen molar-refractivity contribution in [3.05, 3.63) is 34.3 Å². The first-order chi connectivity index (χ1) is 8.13. The van der Waals surface area contributed by atoms with Gasteiger partial charge >= 0.3 is 0 Å². The van der Waals surface area contributed by atoms with Crippen LogP contribution in [-0.4, -0.2) is 11.8 Å². The minimum atomic E-state index is 0.0478. The van der Waals surface area contributed by atoms with E-state index in [1.165, 1.54) is 0 Å². The third-order valence-corrected chi connectivity index (χ3v) is 3.33. The van der Waals surface area contributed by atoms with E-state index in [9.17, 15) is 4.79 Å².